The maximum absolute atomic E-state index is 11.0. The third-order valence-electron chi connectivity index (χ3n) is 4.19. The summed E-state index contributed by atoms with van der Waals surface area (Å²) in [7, 11) is 0. The highest BCUT2D eigenvalue weighted by Gasteiger charge is 2.10. The van der Waals surface area contributed by atoms with Crippen LogP contribution in [0.1, 0.15) is 19.3 Å². The lowest BCUT2D eigenvalue weighted by Gasteiger charge is -2.11. The fourth-order valence-corrected chi connectivity index (χ4v) is 2.66. The summed E-state index contributed by atoms with van der Waals surface area (Å²) < 4.78 is 0. The van der Waals surface area contributed by atoms with Crippen LogP contribution < -0.4 is 16.8 Å². The number of rotatable bonds is 9. The van der Waals surface area contributed by atoms with Gasteiger partial charge in [0.05, 0.1) is 11.7 Å². The summed E-state index contributed by atoms with van der Waals surface area (Å²) in [4.78, 5) is 28.7. The number of nitrogens with two attached hydrogens (primary N) is 2. The number of carbonyl (C=O) groups is 1. The van der Waals surface area contributed by atoms with Crippen LogP contribution in [-0.2, 0) is 4.79 Å². The molecule has 0 aliphatic rings. The maximum atomic E-state index is 11.0. The molecule has 0 bridgehead atoms. The lowest BCUT2D eigenvalue weighted by molar-refractivity contribution is -0.119. The molecule has 0 fully saturated rings. The first kappa shape index (κ1) is 19.4. The second kappa shape index (κ2) is 9.52. The fraction of sp³-hybridized carbons (Fsp3) is 0.250. The largest absolute Gasteiger partial charge is 0.370 e. The maximum Gasteiger partial charge on any atom is 0.234 e. The van der Waals surface area contributed by atoms with Crippen molar-refractivity contribution in [1.82, 2.24) is 19.9 Å². The van der Waals surface area contributed by atoms with E-state index in [1.54, 1.807) is 18.6 Å². The second-order valence-corrected chi connectivity index (χ2v) is 6.35. The van der Waals surface area contributed by atoms with Gasteiger partial charge < -0.3 is 16.8 Å². The van der Waals surface area contributed by atoms with Gasteiger partial charge in [0, 0.05) is 36.8 Å². The SMILES string of the molecule is NC(=O)C(N)CCCCNc1cc(-c2cccnc2)nc(-c2ccccn2)n1. The minimum absolute atomic E-state index is 0.468. The molecule has 3 rings (SSSR count). The number of nitrogens with one attached hydrogen (secondary N) is 1. The molecule has 3 heterocycles. The fourth-order valence-electron chi connectivity index (χ4n) is 2.66. The molecule has 0 spiro atoms. The van der Waals surface area contributed by atoms with Crippen molar-refractivity contribution in [3.05, 3.63) is 55.0 Å². The lowest BCUT2D eigenvalue weighted by atomic mass is 10.1. The van der Waals surface area contributed by atoms with Crippen molar-refractivity contribution in [2.45, 2.75) is 25.3 Å². The van der Waals surface area contributed by atoms with Crippen LogP contribution in [0, 0.1) is 0 Å². The molecular weight excluding hydrogens is 354 g/mol. The van der Waals surface area contributed by atoms with Crippen LogP contribution in [0.5, 0.6) is 0 Å². The Labute approximate surface area is 163 Å². The van der Waals surface area contributed by atoms with E-state index < -0.39 is 11.9 Å². The van der Waals surface area contributed by atoms with Crippen LogP contribution in [0.2, 0.25) is 0 Å². The Morgan fingerprint density at radius 1 is 1.07 bits per heavy atom. The number of pyridine rings is 2. The summed E-state index contributed by atoms with van der Waals surface area (Å²) in [6.07, 6.45) is 7.40. The number of primary amides is 1. The van der Waals surface area contributed by atoms with Crippen molar-refractivity contribution >= 4 is 11.7 Å². The quantitative estimate of drug-likeness (QED) is 0.486. The number of nitrogens with zero attached hydrogens (tertiary/aromatic N) is 4. The number of aromatic nitrogens is 4. The molecule has 0 saturated carbocycles. The van der Waals surface area contributed by atoms with Crippen LogP contribution >= 0.6 is 0 Å². The molecular formula is C20H23N7O. The molecule has 0 saturated heterocycles. The first-order chi connectivity index (χ1) is 13.6. The summed E-state index contributed by atoms with van der Waals surface area (Å²) in [6.45, 7) is 0.691. The predicted molar refractivity (Wildman–Crippen MR) is 108 cm³/mol. The van der Waals surface area contributed by atoms with Gasteiger partial charge in [-0.15, -0.1) is 0 Å². The summed E-state index contributed by atoms with van der Waals surface area (Å²) >= 11 is 0. The molecule has 0 aliphatic heterocycles. The van der Waals surface area contributed by atoms with Crippen molar-refractivity contribution in [3.8, 4) is 22.8 Å². The van der Waals surface area contributed by atoms with Gasteiger partial charge >= 0.3 is 0 Å². The molecule has 0 aliphatic carbocycles. The zero-order valence-electron chi connectivity index (χ0n) is 15.5. The Kier molecular flexibility index (Phi) is 6.59. The highest BCUT2D eigenvalue weighted by molar-refractivity contribution is 5.79. The van der Waals surface area contributed by atoms with Crippen LogP contribution in [0.4, 0.5) is 5.82 Å². The molecule has 144 valence electrons. The summed E-state index contributed by atoms with van der Waals surface area (Å²) in [6, 6.07) is 10.7. The van der Waals surface area contributed by atoms with Crippen LogP contribution in [0.25, 0.3) is 22.8 Å². The third kappa shape index (κ3) is 5.31. The second-order valence-electron chi connectivity index (χ2n) is 6.35. The molecule has 5 N–H and O–H groups in total. The zero-order valence-corrected chi connectivity index (χ0v) is 15.5. The Hall–Kier alpha value is -3.39. The molecule has 1 amide bonds. The van der Waals surface area contributed by atoms with Crippen molar-refractivity contribution in [2.24, 2.45) is 11.5 Å². The van der Waals surface area contributed by atoms with Crippen LogP contribution in [-0.4, -0.2) is 38.4 Å². The Morgan fingerprint density at radius 3 is 2.68 bits per heavy atom. The van der Waals surface area contributed by atoms with Gasteiger partial charge in [-0.1, -0.05) is 6.07 Å². The first-order valence-corrected chi connectivity index (χ1v) is 9.13. The molecule has 8 nitrogen and oxygen atoms in total. The van der Waals surface area contributed by atoms with E-state index in [2.05, 4.69) is 25.3 Å². The van der Waals surface area contributed by atoms with Gasteiger partial charge in [0.2, 0.25) is 5.91 Å². The Balaban J connectivity index is 1.74. The van der Waals surface area contributed by atoms with Crippen LogP contribution in [0.15, 0.2) is 55.0 Å². The molecule has 1 atom stereocenters. The predicted octanol–water partition coefficient (Wildman–Crippen LogP) is 2.00. The normalized spacial score (nSPS) is 11.8. The van der Waals surface area contributed by atoms with Gasteiger partial charge in [-0.3, -0.25) is 14.8 Å². The van der Waals surface area contributed by atoms with E-state index in [4.69, 9.17) is 11.5 Å². The summed E-state index contributed by atoms with van der Waals surface area (Å²) in [5.74, 6) is 0.777. The van der Waals surface area contributed by atoms with E-state index >= 15 is 0 Å². The van der Waals surface area contributed by atoms with E-state index in [-0.39, 0.29) is 0 Å². The Morgan fingerprint density at radius 2 is 1.96 bits per heavy atom. The number of amides is 1. The van der Waals surface area contributed by atoms with Crippen molar-refractivity contribution in [2.75, 3.05) is 11.9 Å². The molecule has 1 unspecified atom stereocenters. The average molecular weight is 377 g/mol. The topological polar surface area (TPSA) is 133 Å². The standard InChI is InChI=1S/C20H23N7O/c21-15(19(22)28)7-1-3-11-25-18-12-17(14-6-5-9-23-13-14)26-20(27-18)16-8-2-4-10-24-16/h2,4-6,8-10,12-13,15H,1,3,7,11,21H2,(H2,22,28)(H,25,26,27). The molecule has 3 aromatic rings. The molecule has 3 aromatic heterocycles. The Bertz CT molecular complexity index is 845. The molecule has 0 radical (unpaired) electrons. The summed E-state index contributed by atoms with van der Waals surface area (Å²) in [5.41, 5.74) is 13.2. The van der Waals surface area contributed by atoms with E-state index in [1.807, 2.05) is 36.4 Å². The number of hydrogen-bond acceptors (Lipinski definition) is 7. The van der Waals surface area contributed by atoms with Gasteiger partial charge in [-0.05, 0) is 43.5 Å². The monoisotopic (exact) mass is 377 g/mol. The number of anilines is 1. The van der Waals surface area contributed by atoms with Gasteiger partial charge in [0.25, 0.3) is 0 Å². The van der Waals surface area contributed by atoms with Crippen molar-refractivity contribution in [1.29, 1.82) is 0 Å². The van der Waals surface area contributed by atoms with Gasteiger partial charge in [0.15, 0.2) is 5.82 Å². The molecule has 28 heavy (non-hydrogen) atoms. The number of hydrogen-bond donors (Lipinski definition) is 3. The number of carbonyl (C=O) groups excluding carboxylic acids is 1. The molecule has 8 heteroatoms. The highest BCUT2D eigenvalue weighted by Crippen LogP contribution is 2.22. The smallest absolute Gasteiger partial charge is 0.234 e. The third-order valence-corrected chi connectivity index (χ3v) is 4.19. The van der Waals surface area contributed by atoms with Gasteiger partial charge in [0.1, 0.15) is 11.5 Å². The molecule has 0 aromatic carbocycles. The van der Waals surface area contributed by atoms with Gasteiger partial charge in [-0.2, -0.15) is 0 Å². The highest BCUT2D eigenvalue weighted by atomic mass is 16.1. The van der Waals surface area contributed by atoms with Crippen LogP contribution in [0.3, 0.4) is 0 Å². The van der Waals surface area contributed by atoms with E-state index in [0.29, 0.717) is 30.3 Å². The van der Waals surface area contributed by atoms with E-state index in [9.17, 15) is 4.79 Å². The van der Waals surface area contributed by atoms with E-state index in [1.165, 1.54) is 0 Å². The zero-order chi connectivity index (χ0) is 19.8. The van der Waals surface area contributed by atoms with Crippen molar-refractivity contribution < 1.29 is 4.79 Å². The lowest BCUT2D eigenvalue weighted by Crippen LogP contribution is -2.36. The number of unbranched alkanes of at least 4 members (excludes halogenated alkanes) is 1. The average Bonchev–Trinajstić information content (AvgIpc) is 2.74. The van der Waals surface area contributed by atoms with E-state index in [0.717, 1.165) is 24.1 Å². The minimum Gasteiger partial charge on any atom is -0.370 e. The summed E-state index contributed by atoms with van der Waals surface area (Å²) in [5, 5.41) is 3.31. The minimum atomic E-state index is -0.591. The van der Waals surface area contributed by atoms with Gasteiger partial charge in [-0.25, -0.2) is 9.97 Å². The van der Waals surface area contributed by atoms with Crippen molar-refractivity contribution in [3.63, 3.8) is 0 Å². The first-order valence-electron chi connectivity index (χ1n) is 9.13.